The Hall–Kier alpha value is -1.16. The number of carbonyl (C=O) groups excluding carboxylic acids is 1. The molecule has 2 rings (SSSR count). The summed E-state index contributed by atoms with van der Waals surface area (Å²) in [5.41, 5.74) is 0.501. The standard InChI is InChI=1S/C10H14N3O2P/c1-8-7-11-16(15,12-8)13-10(14)9-5-3-2-4-6-9/h2-6,8H,7H2,1H3,(H3,11,12,13,14,15). The average Bonchev–Trinajstić information content (AvgIpc) is 2.59. The first-order valence-electron chi connectivity index (χ1n) is 5.10. The number of carbonyl (C=O) groups is 1. The molecule has 5 nitrogen and oxygen atoms in total. The average molecular weight is 239 g/mol. The molecule has 1 aliphatic heterocycles. The van der Waals surface area contributed by atoms with Crippen molar-refractivity contribution in [3.8, 4) is 0 Å². The summed E-state index contributed by atoms with van der Waals surface area (Å²) in [5.74, 6) is -0.335. The highest BCUT2D eigenvalue weighted by molar-refractivity contribution is 7.58. The van der Waals surface area contributed by atoms with Crippen molar-refractivity contribution in [1.82, 2.24) is 15.3 Å². The van der Waals surface area contributed by atoms with E-state index in [0.717, 1.165) is 0 Å². The maximum absolute atomic E-state index is 12.1. The summed E-state index contributed by atoms with van der Waals surface area (Å²) in [5, 5.41) is 8.14. The first-order chi connectivity index (χ1) is 7.59. The lowest BCUT2D eigenvalue weighted by molar-refractivity contribution is 0.0980. The van der Waals surface area contributed by atoms with Crippen LogP contribution in [0.2, 0.25) is 0 Å². The fourth-order valence-corrected chi connectivity index (χ4v) is 3.43. The molecule has 0 aromatic heterocycles. The molecular formula is C10H14N3O2P. The smallest absolute Gasteiger partial charge is 0.279 e. The molecule has 3 N–H and O–H groups in total. The molecule has 6 heteroatoms. The van der Waals surface area contributed by atoms with E-state index in [1.807, 2.05) is 13.0 Å². The molecule has 1 aromatic rings. The molecule has 1 aromatic carbocycles. The fraction of sp³-hybridized carbons (Fsp3) is 0.300. The molecule has 86 valence electrons. The lowest BCUT2D eigenvalue weighted by atomic mass is 10.2. The second-order valence-electron chi connectivity index (χ2n) is 3.81. The number of hydrogen-bond acceptors (Lipinski definition) is 2. The highest BCUT2D eigenvalue weighted by Gasteiger charge is 2.32. The summed E-state index contributed by atoms with van der Waals surface area (Å²) >= 11 is 0. The molecule has 0 radical (unpaired) electrons. The minimum atomic E-state index is -2.95. The zero-order chi connectivity index (χ0) is 11.6. The molecule has 0 spiro atoms. The molecule has 1 aliphatic rings. The molecule has 2 atom stereocenters. The normalized spacial score (nSPS) is 28.9. The summed E-state index contributed by atoms with van der Waals surface area (Å²) in [6.07, 6.45) is 0. The van der Waals surface area contributed by atoms with Crippen molar-refractivity contribution in [3.05, 3.63) is 35.9 Å². The third-order valence-corrected chi connectivity index (χ3v) is 4.27. The largest absolute Gasteiger partial charge is 0.306 e. The second kappa shape index (κ2) is 4.37. The van der Waals surface area contributed by atoms with Crippen LogP contribution in [-0.4, -0.2) is 18.5 Å². The molecule has 1 fully saturated rings. The van der Waals surface area contributed by atoms with E-state index in [4.69, 9.17) is 0 Å². The third-order valence-electron chi connectivity index (χ3n) is 2.32. The van der Waals surface area contributed by atoms with Crippen LogP contribution in [0, 0.1) is 0 Å². The van der Waals surface area contributed by atoms with Gasteiger partial charge < -0.3 is 0 Å². The Morgan fingerprint density at radius 1 is 1.44 bits per heavy atom. The second-order valence-corrected chi connectivity index (χ2v) is 5.83. The van der Waals surface area contributed by atoms with Crippen LogP contribution in [0.25, 0.3) is 0 Å². The van der Waals surface area contributed by atoms with Crippen LogP contribution >= 0.6 is 7.59 Å². The fourth-order valence-electron chi connectivity index (χ4n) is 1.54. The van der Waals surface area contributed by atoms with Gasteiger partial charge in [-0.05, 0) is 19.1 Å². The van der Waals surface area contributed by atoms with Gasteiger partial charge in [-0.25, -0.2) is 10.2 Å². The van der Waals surface area contributed by atoms with E-state index < -0.39 is 7.59 Å². The van der Waals surface area contributed by atoms with Gasteiger partial charge in [-0.15, -0.1) is 0 Å². The van der Waals surface area contributed by atoms with Crippen molar-refractivity contribution in [2.45, 2.75) is 13.0 Å². The van der Waals surface area contributed by atoms with Gasteiger partial charge in [-0.3, -0.25) is 14.4 Å². The van der Waals surface area contributed by atoms with Crippen LogP contribution in [-0.2, 0) is 4.57 Å². The lowest BCUT2D eigenvalue weighted by Gasteiger charge is -2.14. The molecule has 1 amide bonds. The third kappa shape index (κ3) is 2.50. The van der Waals surface area contributed by atoms with Gasteiger partial charge in [0.05, 0.1) is 0 Å². The van der Waals surface area contributed by atoms with Crippen molar-refractivity contribution >= 4 is 13.5 Å². The molecule has 16 heavy (non-hydrogen) atoms. The molecule has 1 saturated heterocycles. The van der Waals surface area contributed by atoms with E-state index in [1.165, 1.54) is 0 Å². The summed E-state index contributed by atoms with van der Waals surface area (Å²) in [4.78, 5) is 11.7. The topological polar surface area (TPSA) is 70.2 Å². The van der Waals surface area contributed by atoms with Gasteiger partial charge in [0.25, 0.3) is 5.91 Å². The number of nitrogens with one attached hydrogen (secondary N) is 3. The van der Waals surface area contributed by atoms with Crippen LogP contribution in [0.1, 0.15) is 17.3 Å². The number of benzene rings is 1. The van der Waals surface area contributed by atoms with Crippen molar-refractivity contribution in [1.29, 1.82) is 0 Å². The number of rotatable bonds is 2. The minimum absolute atomic E-state index is 0.0990. The molecular weight excluding hydrogens is 225 g/mol. The van der Waals surface area contributed by atoms with E-state index in [0.29, 0.717) is 12.1 Å². The summed E-state index contributed by atoms with van der Waals surface area (Å²) < 4.78 is 12.1. The van der Waals surface area contributed by atoms with Crippen molar-refractivity contribution in [2.24, 2.45) is 0 Å². The molecule has 0 saturated carbocycles. The van der Waals surface area contributed by atoms with E-state index in [1.54, 1.807) is 24.3 Å². The monoisotopic (exact) mass is 239 g/mol. The quantitative estimate of drug-likeness (QED) is 0.676. The lowest BCUT2D eigenvalue weighted by Crippen LogP contribution is -2.29. The summed E-state index contributed by atoms with van der Waals surface area (Å²) in [7, 11) is -2.95. The Bertz CT molecular complexity index is 435. The Balaban J connectivity index is 2.06. The Morgan fingerprint density at radius 3 is 2.69 bits per heavy atom. The van der Waals surface area contributed by atoms with Crippen LogP contribution < -0.4 is 15.3 Å². The maximum atomic E-state index is 12.1. The Labute approximate surface area is 94.2 Å². The van der Waals surface area contributed by atoms with Crippen molar-refractivity contribution in [3.63, 3.8) is 0 Å². The molecule has 0 aliphatic carbocycles. The van der Waals surface area contributed by atoms with E-state index >= 15 is 0 Å². The van der Waals surface area contributed by atoms with Gasteiger partial charge >= 0.3 is 7.59 Å². The summed E-state index contributed by atoms with van der Waals surface area (Å²) in [6, 6.07) is 8.82. The molecule has 2 unspecified atom stereocenters. The zero-order valence-electron chi connectivity index (χ0n) is 8.93. The highest BCUT2D eigenvalue weighted by Crippen LogP contribution is 2.35. The van der Waals surface area contributed by atoms with Crippen LogP contribution in [0.4, 0.5) is 0 Å². The first-order valence-corrected chi connectivity index (χ1v) is 6.80. The molecule has 0 bridgehead atoms. The van der Waals surface area contributed by atoms with Gasteiger partial charge in [-0.2, -0.15) is 0 Å². The number of hydrogen-bond donors (Lipinski definition) is 3. The van der Waals surface area contributed by atoms with Gasteiger partial charge in [0.15, 0.2) is 0 Å². The van der Waals surface area contributed by atoms with Gasteiger partial charge in [0, 0.05) is 18.2 Å². The highest BCUT2D eigenvalue weighted by atomic mass is 31.2. The minimum Gasteiger partial charge on any atom is -0.279 e. The van der Waals surface area contributed by atoms with Crippen LogP contribution in [0.5, 0.6) is 0 Å². The number of amides is 1. The zero-order valence-corrected chi connectivity index (χ0v) is 9.83. The van der Waals surface area contributed by atoms with E-state index in [2.05, 4.69) is 15.3 Å². The van der Waals surface area contributed by atoms with Crippen LogP contribution in [0.15, 0.2) is 30.3 Å². The van der Waals surface area contributed by atoms with E-state index in [9.17, 15) is 9.36 Å². The van der Waals surface area contributed by atoms with Gasteiger partial charge in [-0.1, -0.05) is 18.2 Å². The molecule has 1 heterocycles. The predicted molar refractivity (Wildman–Crippen MR) is 62.1 cm³/mol. The maximum Gasteiger partial charge on any atom is 0.306 e. The van der Waals surface area contributed by atoms with Crippen LogP contribution in [0.3, 0.4) is 0 Å². The van der Waals surface area contributed by atoms with Crippen molar-refractivity contribution in [2.75, 3.05) is 6.54 Å². The van der Waals surface area contributed by atoms with Gasteiger partial charge in [0.2, 0.25) is 0 Å². The van der Waals surface area contributed by atoms with Crippen molar-refractivity contribution < 1.29 is 9.36 Å². The van der Waals surface area contributed by atoms with Gasteiger partial charge in [0.1, 0.15) is 0 Å². The summed E-state index contributed by atoms with van der Waals surface area (Å²) in [6.45, 7) is 2.49. The SMILES string of the molecule is CC1CNP(=O)(NC(=O)c2ccccc2)N1. The Kier molecular flexibility index (Phi) is 3.10. The first kappa shape index (κ1) is 11.3. The Morgan fingerprint density at radius 2 is 2.12 bits per heavy atom. The predicted octanol–water partition coefficient (Wildman–Crippen LogP) is 1.11. The van der Waals surface area contributed by atoms with E-state index in [-0.39, 0.29) is 11.9 Å².